The van der Waals surface area contributed by atoms with Crippen molar-refractivity contribution in [1.29, 1.82) is 0 Å². The van der Waals surface area contributed by atoms with Gasteiger partial charge in [-0.05, 0) is 40.4 Å². The fourth-order valence-corrected chi connectivity index (χ4v) is 0.756. The lowest BCUT2D eigenvalue weighted by molar-refractivity contribution is 0.387. The lowest BCUT2D eigenvalue weighted by Crippen LogP contribution is -2.14. The molecule has 0 bridgehead atoms. The van der Waals surface area contributed by atoms with Gasteiger partial charge in [0.05, 0.1) is 6.04 Å². The second-order valence-electron chi connectivity index (χ2n) is 2.90. The molecule has 0 N–H and O–H groups in total. The molecule has 0 aliphatic heterocycles. The van der Waals surface area contributed by atoms with E-state index in [2.05, 4.69) is 10.1 Å². The van der Waals surface area contributed by atoms with Crippen molar-refractivity contribution in [2.45, 2.75) is 25.8 Å². The van der Waals surface area contributed by atoms with Gasteiger partial charge >= 0.3 is 0 Å². The summed E-state index contributed by atoms with van der Waals surface area (Å²) in [5, 5.41) is 2.92. The highest BCUT2D eigenvalue weighted by molar-refractivity contribution is 4.58. The Morgan fingerprint density at radius 3 is 2.50 bits per heavy atom. The van der Waals surface area contributed by atoms with Crippen molar-refractivity contribution in [3.63, 3.8) is 0 Å². The highest BCUT2D eigenvalue weighted by Crippen LogP contribution is 2.00. The largest absolute Gasteiger partial charge is 0.309 e. The van der Waals surface area contributed by atoms with Gasteiger partial charge in [-0.2, -0.15) is 4.91 Å². The first-order chi connectivity index (χ1) is 4.66. The van der Waals surface area contributed by atoms with Crippen LogP contribution in [0.3, 0.4) is 0 Å². The SMILES string of the molecule is CC(CCCN(C)C)N=O. The van der Waals surface area contributed by atoms with Crippen molar-refractivity contribution in [3.05, 3.63) is 4.91 Å². The summed E-state index contributed by atoms with van der Waals surface area (Å²) in [5.41, 5.74) is 0. The molecule has 10 heavy (non-hydrogen) atoms. The highest BCUT2D eigenvalue weighted by Gasteiger charge is 1.99. The molecule has 0 amide bonds. The molecule has 0 aliphatic rings. The first-order valence-electron chi connectivity index (χ1n) is 3.64. The molecule has 0 spiro atoms. The topological polar surface area (TPSA) is 32.7 Å². The van der Waals surface area contributed by atoms with E-state index in [1.165, 1.54) is 0 Å². The monoisotopic (exact) mass is 144 g/mol. The summed E-state index contributed by atoms with van der Waals surface area (Å²) in [6.07, 6.45) is 1.96. The Balaban J connectivity index is 3.11. The Labute approximate surface area is 62.4 Å². The standard InChI is InChI=1S/C7H16N2O/c1-7(8-10)5-4-6-9(2)3/h7H,4-6H2,1-3H3. The summed E-state index contributed by atoms with van der Waals surface area (Å²) in [4.78, 5) is 12.0. The molecular formula is C7H16N2O. The summed E-state index contributed by atoms with van der Waals surface area (Å²) in [6, 6.07) is -0.0139. The van der Waals surface area contributed by atoms with Crippen LogP contribution in [-0.2, 0) is 0 Å². The van der Waals surface area contributed by atoms with E-state index in [1.54, 1.807) is 0 Å². The molecule has 0 radical (unpaired) electrons. The van der Waals surface area contributed by atoms with Crippen molar-refractivity contribution in [1.82, 2.24) is 4.90 Å². The highest BCUT2D eigenvalue weighted by atomic mass is 16.3. The first-order valence-corrected chi connectivity index (χ1v) is 3.64. The van der Waals surface area contributed by atoms with Crippen molar-refractivity contribution in [3.8, 4) is 0 Å². The van der Waals surface area contributed by atoms with Crippen molar-refractivity contribution in [2.24, 2.45) is 5.18 Å². The maximum absolute atomic E-state index is 9.92. The zero-order valence-corrected chi connectivity index (χ0v) is 7.00. The summed E-state index contributed by atoms with van der Waals surface area (Å²) in [5.74, 6) is 0. The van der Waals surface area contributed by atoms with E-state index in [1.807, 2.05) is 21.0 Å². The van der Waals surface area contributed by atoms with Gasteiger partial charge in [0.25, 0.3) is 0 Å². The van der Waals surface area contributed by atoms with Gasteiger partial charge in [0.1, 0.15) is 0 Å². The number of nitroso groups, excluding NO2 is 1. The number of hydrogen-bond donors (Lipinski definition) is 0. The Morgan fingerprint density at radius 2 is 2.10 bits per heavy atom. The molecule has 3 heteroatoms. The van der Waals surface area contributed by atoms with Crippen LogP contribution in [0.1, 0.15) is 19.8 Å². The Morgan fingerprint density at radius 1 is 1.50 bits per heavy atom. The molecule has 0 aromatic heterocycles. The zero-order chi connectivity index (χ0) is 7.98. The molecule has 3 nitrogen and oxygen atoms in total. The molecule has 0 heterocycles. The van der Waals surface area contributed by atoms with Gasteiger partial charge in [-0.25, -0.2) is 0 Å². The molecule has 0 aromatic rings. The van der Waals surface area contributed by atoms with Crippen LogP contribution in [0.15, 0.2) is 5.18 Å². The van der Waals surface area contributed by atoms with Crippen LogP contribution in [0.4, 0.5) is 0 Å². The normalized spacial score (nSPS) is 13.6. The van der Waals surface area contributed by atoms with Crippen LogP contribution < -0.4 is 0 Å². The van der Waals surface area contributed by atoms with Crippen LogP contribution in [-0.4, -0.2) is 31.6 Å². The molecule has 0 saturated heterocycles. The Bertz CT molecular complexity index is 93.6. The third-order valence-electron chi connectivity index (χ3n) is 1.41. The summed E-state index contributed by atoms with van der Waals surface area (Å²) in [7, 11) is 4.05. The average Bonchev–Trinajstić information content (AvgIpc) is 1.87. The molecule has 1 unspecified atom stereocenters. The fraction of sp³-hybridized carbons (Fsp3) is 1.00. The molecule has 0 rings (SSSR count). The van der Waals surface area contributed by atoms with Crippen LogP contribution >= 0.6 is 0 Å². The van der Waals surface area contributed by atoms with Crippen LogP contribution in [0.2, 0.25) is 0 Å². The first kappa shape index (κ1) is 9.56. The summed E-state index contributed by atoms with van der Waals surface area (Å²) >= 11 is 0. The van der Waals surface area contributed by atoms with E-state index in [0.717, 1.165) is 19.4 Å². The van der Waals surface area contributed by atoms with Gasteiger partial charge < -0.3 is 4.90 Å². The third kappa shape index (κ3) is 5.69. The van der Waals surface area contributed by atoms with E-state index in [-0.39, 0.29) is 6.04 Å². The fourth-order valence-electron chi connectivity index (χ4n) is 0.756. The molecule has 0 aromatic carbocycles. The lowest BCUT2D eigenvalue weighted by atomic mass is 10.2. The minimum atomic E-state index is -0.0139. The second kappa shape index (κ2) is 5.35. The van der Waals surface area contributed by atoms with E-state index < -0.39 is 0 Å². The van der Waals surface area contributed by atoms with Gasteiger partial charge in [0.2, 0.25) is 0 Å². The van der Waals surface area contributed by atoms with Crippen LogP contribution in [0.25, 0.3) is 0 Å². The number of hydrogen-bond acceptors (Lipinski definition) is 3. The summed E-state index contributed by atoms with van der Waals surface area (Å²) in [6.45, 7) is 2.89. The minimum Gasteiger partial charge on any atom is -0.309 e. The Hall–Kier alpha value is -0.440. The van der Waals surface area contributed by atoms with Crippen LogP contribution in [0.5, 0.6) is 0 Å². The zero-order valence-electron chi connectivity index (χ0n) is 7.00. The quantitative estimate of drug-likeness (QED) is 0.547. The van der Waals surface area contributed by atoms with Crippen molar-refractivity contribution in [2.75, 3.05) is 20.6 Å². The number of nitrogens with zero attached hydrogens (tertiary/aromatic N) is 2. The van der Waals surface area contributed by atoms with Crippen molar-refractivity contribution < 1.29 is 0 Å². The van der Waals surface area contributed by atoms with Gasteiger partial charge in [-0.15, -0.1) is 0 Å². The molecule has 60 valence electrons. The molecule has 0 fully saturated rings. The van der Waals surface area contributed by atoms with Gasteiger partial charge in [-0.3, -0.25) is 0 Å². The predicted molar refractivity (Wildman–Crippen MR) is 43.0 cm³/mol. The van der Waals surface area contributed by atoms with E-state index in [4.69, 9.17) is 0 Å². The second-order valence-corrected chi connectivity index (χ2v) is 2.90. The number of rotatable bonds is 5. The van der Waals surface area contributed by atoms with E-state index in [0.29, 0.717) is 0 Å². The predicted octanol–water partition coefficient (Wildman–Crippen LogP) is 1.48. The molecule has 0 saturated carbocycles. The summed E-state index contributed by atoms with van der Waals surface area (Å²) < 4.78 is 0. The average molecular weight is 144 g/mol. The lowest BCUT2D eigenvalue weighted by Gasteiger charge is -2.08. The smallest absolute Gasteiger partial charge is 0.0892 e. The molecule has 0 aliphatic carbocycles. The van der Waals surface area contributed by atoms with Gasteiger partial charge in [0.15, 0.2) is 0 Å². The third-order valence-corrected chi connectivity index (χ3v) is 1.41. The maximum atomic E-state index is 9.92. The van der Waals surface area contributed by atoms with E-state index >= 15 is 0 Å². The van der Waals surface area contributed by atoms with Gasteiger partial charge in [-0.1, -0.05) is 5.18 Å². The van der Waals surface area contributed by atoms with Crippen LogP contribution in [0, 0.1) is 4.91 Å². The van der Waals surface area contributed by atoms with E-state index in [9.17, 15) is 4.91 Å². The Kier molecular flexibility index (Phi) is 5.12. The van der Waals surface area contributed by atoms with Gasteiger partial charge in [0, 0.05) is 0 Å². The minimum absolute atomic E-state index is 0.0139. The molecular weight excluding hydrogens is 128 g/mol. The van der Waals surface area contributed by atoms with Crippen molar-refractivity contribution >= 4 is 0 Å². The molecule has 1 atom stereocenters. The maximum Gasteiger partial charge on any atom is 0.0892 e.